The number of carbonyl (C=O) groups excluding carboxylic acids is 1. The van der Waals surface area contributed by atoms with Crippen LogP contribution in [-0.2, 0) is 4.79 Å². The SMILES string of the molecule is O=C(O)CCCN1C(=O)c2cc3oc(-c4ccc([N+](=O)[O-])cc4)cc3n2C1=S. The van der Waals surface area contributed by atoms with Crippen LogP contribution in [-0.4, -0.2) is 43.0 Å². The van der Waals surface area contributed by atoms with E-state index in [4.69, 9.17) is 21.7 Å². The van der Waals surface area contributed by atoms with Gasteiger partial charge in [0.05, 0.1) is 10.4 Å². The summed E-state index contributed by atoms with van der Waals surface area (Å²) >= 11 is 5.41. The molecular formula is C18H13N3O6S. The normalized spacial score (nSPS) is 13.4. The van der Waals surface area contributed by atoms with E-state index in [2.05, 4.69) is 0 Å². The molecule has 0 atom stereocenters. The Kier molecular flexibility index (Phi) is 4.19. The van der Waals surface area contributed by atoms with Gasteiger partial charge in [0.15, 0.2) is 10.7 Å². The Labute approximate surface area is 162 Å². The summed E-state index contributed by atoms with van der Waals surface area (Å²) in [5.74, 6) is -0.726. The number of nitro benzene ring substituents is 1. The predicted octanol–water partition coefficient (Wildman–Crippen LogP) is 3.26. The van der Waals surface area contributed by atoms with Gasteiger partial charge in [0.1, 0.15) is 11.5 Å². The monoisotopic (exact) mass is 399 g/mol. The molecule has 3 aromatic rings. The van der Waals surface area contributed by atoms with Crippen LogP contribution >= 0.6 is 12.2 Å². The number of hydrogen-bond donors (Lipinski definition) is 1. The van der Waals surface area contributed by atoms with Crippen molar-refractivity contribution in [3.05, 3.63) is 52.2 Å². The largest absolute Gasteiger partial charge is 0.481 e. The van der Waals surface area contributed by atoms with Crippen molar-refractivity contribution >= 4 is 46.0 Å². The summed E-state index contributed by atoms with van der Waals surface area (Å²) in [6.07, 6.45) is 0.251. The summed E-state index contributed by atoms with van der Waals surface area (Å²) in [5, 5.41) is 19.8. The van der Waals surface area contributed by atoms with E-state index in [0.717, 1.165) is 0 Å². The minimum absolute atomic E-state index is 0.0200. The third-order valence-corrected chi connectivity index (χ3v) is 4.91. The van der Waals surface area contributed by atoms with Crippen molar-refractivity contribution in [2.45, 2.75) is 12.8 Å². The molecule has 0 saturated carbocycles. The number of carbonyl (C=O) groups is 2. The molecule has 0 fully saturated rings. The highest BCUT2D eigenvalue weighted by atomic mass is 32.1. The quantitative estimate of drug-likeness (QED) is 0.384. The van der Waals surface area contributed by atoms with Crippen LogP contribution in [0.4, 0.5) is 5.69 Å². The van der Waals surface area contributed by atoms with E-state index in [-0.39, 0.29) is 29.7 Å². The number of benzene rings is 1. The molecule has 0 unspecified atom stereocenters. The summed E-state index contributed by atoms with van der Waals surface area (Å²) in [5.41, 5.74) is 2.09. The molecule has 0 spiro atoms. The number of carboxylic acids is 1. The van der Waals surface area contributed by atoms with Crippen LogP contribution in [0.5, 0.6) is 0 Å². The Morgan fingerprint density at radius 3 is 2.61 bits per heavy atom. The first-order valence-corrected chi connectivity index (χ1v) is 8.76. The lowest BCUT2D eigenvalue weighted by atomic mass is 10.1. The summed E-state index contributed by atoms with van der Waals surface area (Å²) < 4.78 is 7.40. The lowest BCUT2D eigenvalue weighted by molar-refractivity contribution is -0.384. The number of furan rings is 1. The fraction of sp³-hybridized carbons (Fsp3) is 0.167. The van der Waals surface area contributed by atoms with Gasteiger partial charge in [-0.2, -0.15) is 0 Å². The van der Waals surface area contributed by atoms with Gasteiger partial charge in [-0.1, -0.05) is 0 Å². The van der Waals surface area contributed by atoms with E-state index in [1.54, 1.807) is 28.8 Å². The summed E-state index contributed by atoms with van der Waals surface area (Å²) in [7, 11) is 0. The molecule has 1 aromatic carbocycles. The molecule has 10 heteroatoms. The van der Waals surface area contributed by atoms with Crippen LogP contribution in [0, 0.1) is 10.1 Å². The van der Waals surface area contributed by atoms with Crippen molar-refractivity contribution in [1.29, 1.82) is 0 Å². The van der Waals surface area contributed by atoms with E-state index >= 15 is 0 Å². The smallest absolute Gasteiger partial charge is 0.303 e. The molecule has 3 heterocycles. The van der Waals surface area contributed by atoms with Gasteiger partial charge in [-0.3, -0.25) is 29.2 Å². The second-order valence-electron chi connectivity index (χ2n) is 6.27. The van der Waals surface area contributed by atoms with Gasteiger partial charge in [0.2, 0.25) is 0 Å². The number of nitro groups is 1. The van der Waals surface area contributed by atoms with Gasteiger partial charge in [0, 0.05) is 42.8 Å². The average Bonchev–Trinajstić information content (AvgIpc) is 3.27. The van der Waals surface area contributed by atoms with Crippen molar-refractivity contribution in [2.24, 2.45) is 0 Å². The van der Waals surface area contributed by atoms with Crippen LogP contribution < -0.4 is 0 Å². The molecule has 0 saturated heterocycles. The Hall–Kier alpha value is -3.53. The molecule has 0 bridgehead atoms. The molecule has 1 amide bonds. The van der Waals surface area contributed by atoms with E-state index in [9.17, 15) is 19.7 Å². The highest BCUT2D eigenvalue weighted by Gasteiger charge is 2.35. The van der Waals surface area contributed by atoms with Crippen LogP contribution in [0.2, 0.25) is 0 Å². The Bertz CT molecular complexity index is 1140. The molecule has 9 nitrogen and oxygen atoms in total. The third kappa shape index (κ3) is 2.83. The van der Waals surface area contributed by atoms with Gasteiger partial charge in [-0.25, -0.2) is 0 Å². The Balaban J connectivity index is 1.64. The molecule has 1 N–H and O–H groups in total. The molecule has 1 aliphatic heterocycles. The zero-order chi connectivity index (χ0) is 20.0. The molecule has 28 heavy (non-hydrogen) atoms. The summed E-state index contributed by atoms with van der Waals surface area (Å²) in [6, 6.07) is 9.26. The minimum Gasteiger partial charge on any atom is -0.481 e. The van der Waals surface area contributed by atoms with Crippen LogP contribution in [0.15, 0.2) is 40.8 Å². The number of rotatable bonds is 6. The second kappa shape index (κ2) is 6.57. The Morgan fingerprint density at radius 2 is 1.96 bits per heavy atom. The highest BCUT2D eigenvalue weighted by molar-refractivity contribution is 7.80. The van der Waals surface area contributed by atoms with Crippen molar-refractivity contribution in [1.82, 2.24) is 9.47 Å². The highest BCUT2D eigenvalue weighted by Crippen LogP contribution is 2.34. The first-order chi connectivity index (χ1) is 13.4. The average molecular weight is 399 g/mol. The molecule has 4 rings (SSSR count). The standard InChI is InChI=1S/C18H13N3O6S/c22-16(23)2-1-7-19-17(24)13-9-15-12(20(13)18(19)28)8-14(27-15)10-3-5-11(6-4-10)21(25)26/h3-6,8-9H,1-2,7H2,(H,22,23). The van der Waals surface area contributed by atoms with Crippen LogP contribution in [0.25, 0.3) is 22.4 Å². The number of aliphatic carboxylic acids is 1. The minimum atomic E-state index is -0.929. The van der Waals surface area contributed by atoms with Gasteiger partial charge in [-0.05, 0) is 30.8 Å². The van der Waals surface area contributed by atoms with Gasteiger partial charge < -0.3 is 9.52 Å². The maximum atomic E-state index is 12.6. The van der Waals surface area contributed by atoms with Gasteiger partial charge >= 0.3 is 5.97 Å². The first-order valence-electron chi connectivity index (χ1n) is 8.35. The van der Waals surface area contributed by atoms with E-state index in [1.165, 1.54) is 17.0 Å². The van der Waals surface area contributed by atoms with Crippen molar-refractivity contribution in [2.75, 3.05) is 6.54 Å². The number of nitrogens with zero attached hydrogens (tertiary/aromatic N) is 3. The third-order valence-electron chi connectivity index (χ3n) is 4.51. The second-order valence-corrected chi connectivity index (χ2v) is 6.63. The van der Waals surface area contributed by atoms with Gasteiger partial charge in [0.25, 0.3) is 11.6 Å². The maximum Gasteiger partial charge on any atom is 0.303 e. The fourth-order valence-electron chi connectivity index (χ4n) is 3.18. The zero-order valence-corrected chi connectivity index (χ0v) is 15.1. The number of aromatic nitrogens is 1. The number of carboxylic acid groups (broad SMARTS) is 1. The lowest BCUT2D eigenvalue weighted by Gasteiger charge is -2.14. The predicted molar refractivity (Wildman–Crippen MR) is 102 cm³/mol. The van der Waals surface area contributed by atoms with Gasteiger partial charge in [-0.15, -0.1) is 0 Å². The molecule has 0 radical (unpaired) electrons. The first kappa shape index (κ1) is 17.9. The summed E-state index contributed by atoms with van der Waals surface area (Å²) in [6.45, 7) is 0.222. The molecular weight excluding hydrogens is 386 g/mol. The zero-order valence-electron chi connectivity index (χ0n) is 14.3. The molecule has 2 aromatic heterocycles. The maximum absolute atomic E-state index is 12.6. The summed E-state index contributed by atoms with van der Waals surface area (Å²) in [4.78, 5) is 34.9. The number of hydrogen-bond acceptors (Lipinski definition) is 6. The fourth-order valence-corrected chi connectivity index (χ4v) is 3.55. The number of thiocarbonyl (C=S) groups is 1. The van der Waals surface area contributed by atoms with Crippen molar-refractivity contribution < 1.29 is 24.0 Å². The topological polar surface area (TPSA) is 119 Å². The molecule has 0 aliphatic carbocycles. The number of amides is 1. The molecule has 142 valence electrons. The van der Waals surface area contributed by atoms with Crippen LogP contribution in [0.3, 0.4) is 0 Å². The lowest BCUT2D eigenvalue weighted by Crippen LogP contribution is -2.32. The van der Waals surface area contributed by atoms with E-state index in [1.807, 2.05) is 0 Å². The van der Waals surface area contributed by atoms with Crippen molar-refractivity contribution in [3.8, 4) is 11.3 Å². The number of non-ortho nitro benzene ring substituents is 1. The Morgan fingerprint density at radius 1 is 1.25 bits per heavy atom. The van der Waals surface area contributed by atoms with E-state index in [0.29, 0.717) is 34.5 Å². The van der Waals surface area contributed by atoms with Crippen molar-refractivity contribution in [3.63, 3.8) is 0 Å². The van der Waals surface area contributed by atoms with E-state index < -0.39 is 10.9 Å². The number of fused-ring (bicyclic) bond motifs is 3. The molecule has 1 aliphatic rings. The van der Waals surface area contributed by atoms with Crippen LogP contribution in [0.1, 0.15) is 23.3 Å².